The fourth-order valence-electron chi connectivity index (χ4n) is 1.96. The zero-order chi connectivity index (χ0) is 13.8. The molecule has 0 radical (unpaired) electrons. The number of aliphatic hydroxyl groups is 1. The molecule has 0 bridgehead atoms. The number of hydrogen-bond acceptors (Lipinski definition) is 3. The summed E-state index contributed by atoms with van der Waals surface area (Å²) in [5.41, 5.74) is 6.57. The molecular formula is C14H14BrFN2O. The fraction of sp³-hybridized carbons (Fsp3) is 0.214. The Bertz CT molecular complexity index is 550. The van der Waals surface area contributed by atoms with Crippen LogP contribution in [0.2, 0.25) is 0 Å². The second-order valence-electron chi connectivity index (χ2n) is 4.21. The Morgan fingerprint density at radius 1 is 1.32 bits per heavy atom. The van der Waals surface area contributed by atoms with Crippen LogP contribution in [0.1, 0.15) is 23.3 Å². The van der Waals surface area contributed by atoms with Crippen molar-refractivity contribution in [3.8, 4) is 0 Å². The van der Waals surface area contributed by atoms with E-state index in [2.05, 4.69) is 20.9 Å². The van der Waals surface area contributed by atoms with Crippen molar-refractivity contribution in [3.63, 3.8) is 0 Å². The maximum atomic E-state index is 13.9. The first-order valence-electron chi connectivity index (χ1n) is 5.87. The largest absolute Gasteiger partial charge is 0.388 e. The van der Waals surface area contributed by atoms with Gasteiger partial charge in [0.2, 0.25) is 0 Å². The van der Waals surface area contributed by atoms with E-state index in [9.17, 15) is 9.50 Å². The number of halogens is 2. The summed E-state index contributed by atoms with van der Waals surface area (Å²) in [5.74, 6) is -0.895. The van der Waals surface area contributed by atoms with Gasteiger partial charge in [-0.1, -0.05) is 28.1 Å². The smallest absolute Gasteiger partial charge is 0.130 e. The van der Waals surface area contributed by atoms with Gasteiger partial charge in [0.1, 0.15) is 5.82 Å². The lowest BCUT2D eigenvalue weighted by Gasteiger charge is -2.21. The summed E-state index contributed by atoms with van der Waals surface area (Å²) in [6.07, 6.45) is 0.607. The summed E-state index contributed by atoms with van der Waals surface area (Å²) in [6.45, 7) is 0.188. The molecule has 5 heteroatoms. The summed E-state index contributed by atoms with van der Waals surface area (Å²) >= 11 is 3.19. The third-order valence-electron chi connectivity index (χ3n) is 2.98. The molecule has 1 heterocycles. The SMILES string of the molecule is NCC(c1ccccn1)C(O)c1ccc(Br)cc1F. The second-order valence-corrected chi connectivity index (χ2v) is 5.12. The van der Waals surface area contributed by atoms with Crippen LogP contribution in [0, 0.1) is 5.82 Å². The van der Waals surface area contributed by atoms with Gasteiger partial charge in [0.25, 0.3) is 0 Å². The van der Waals surface area contributed by atoms with Crippen molar-refractivity contribution in [1.82, 2.24) is 4.98 Å². The summed E-state index contributed by atoms with van der Waals surface area (Å²) in [4.78, 5) is 4.17. The van der Waals surface area contributed by atoms with Gasteiger partial charge in [0.15, 0.2) is 0 Å². The highest BCUT2D eigenvalue weighted by Gasteiger charge is 2.24. The monoisotopic (exact) mass is 324 g/mol. The molecular weight excluding hydrogens is 311 g/mol. The molecule has 2 unspecified atom stereocenters. The minimum atomic E-state index is -1.02. The van der Waals surface area contributed by atoms with E-state index in [1.165, 1.54) is 6.07 Å². The number of pyridine rings is 1. The first kappa shape index (κ1) is 14.1. The highest BCUT2D eigenvalue weighted by atomic mass is 79.9. The zero-order valence-corrected chi connectivity index (χ0v) is 11.7. The highest BCUT2D eigenvalue weighted by Crippen LogP contribution is 2.31. The van der Waals surface area contributed by atoms with Gasteiger partial charge in [-0.15, -0.1) is 0 Å². The van der Waals surface area contributed by atoms with Gasteiger partial charge >= 0.3 is 0 Å². The minimum Gasteiger partial charge on any atom is -0.388 e. The number of hydrogen-bond donors (Lipinski definition) is 2. The summed E-state index contributed by atoms with van der Waals surface area (Å²) in [6, 6.07) is 9.94. The zero-order valence-electron chi connectivity index (χ0n) is 10.1. The molecule has 0 aliphatic carbocycles. The van der Waals surface area contributed by atoms with Gasteiger partial charge in [0, 0.05) is 34.4 Å². The molecule has 100 valence electrons. The number of benzene rings is 1. The van der Waals surface area contributed by atoms with E-state index in [0.717, 1.165) is 0 Å². The number of aliphatic hydroxyl groups excluding tert-OH is 1. The van der Waals surface area contributed by atoms with Crippen molar-refractivity contribution in [1.29, 1.82) is 0 Å². The average Bonchev–Trinajstić information content (AvgIpc) is 2.40. The molecule has 3 nitrogen and oxygen atoms in total. The Balaban J connectivity index is 2.33. The topological polar surface area (TPSA) is 59.1 Å². The van der Waals surface area contributed by atoms with Gasteiger partial charge in [-0.05, 0) is 24.3 Å². The summed E-state index contributed by atoms with van der Waals surface area (Å²) in [7, 11) is 0. The van der Waals surface area contributed by atoms with Crippen LogP contribution < -0.4 is 5.73 Å². The molecule has 0 aliphatic heterocycles. The highest BCUT2D eigenvalue weighted by molar-refractivity contribution is 9.10. The van der Waals surface area contributed by atoms with Crippen LogP contribution in [0.25, 0.3) is 0 Å². The third kappa shape index (κ3) is 3.18. The Labute approximate surface area is 119 Å². The Morgan fingerprint density at radius 2 is 2.11 bits per heavy atom. The van der Waals surface area contributed by atoms with E-state index >= 15 is 0 Å². The number of rotatable bonds is 4. The molecule has 1 aromatic heterocycles. The van der Waals surface area contributed by atoms with Crippen LogP contribution in [0.4, 0.5) is 4.39 Å². The maximum absolute atomic E-state index is 13.9. The predicted molar refractivity (Wildman–Crippen MR) is 75.1 cm³/mol. The molecule has 2 aromatic rings. The first-order chi connectivity index (χ1) is 9.13. The first-order valence-corrected chi connectivity index (χ1v) is 6.66. The lowest BCUT2D eigenvalue weighted by molar-refractivity contribution is 0.141. The molecule has 0 fully saturated rings. The van der Waals surface area contributed by atoms with E-state index in [0.29, 0.717) is 10.2 Å². The van der Waals surface area contributed by atoms with Crippen LogP contribution >= 0.6 is 15.9 Å². The molecule has 2 rings (SSSR count). The van der Waals surface area contributed by atoms with Crippen molar-refractivity contribution in [2.24, 2.45) is 5.73 Å². The van der Waals surface area contributed by atoms with Crippen LogP contribution in [0.5, 0.6) is 0 Å². The van der Waals surface area contributed by atoms with Crippen LogP contribution in [-0.4, -0.2) is 16.6 Å². The average molecular weight is 325 g/mol. The lowest BCUT2D eigenvalue weighted by atomic mass is 9.92. The van der Waals surface area contributed by atoms with Gasteiger partial charge in [-0.2, -0.15) is 0 Å². The van der Waals surface area contributed by atoms with Crippen molar-refractivity contribution < 1.29 is 9.50 Å². The molecule has 0 aliphatic rings. The third-order valence-corrected chi connectivity index (χ3v) is 3.48. The van der Waals surface area contributed by atoms with Crippen molar-refractivity contribution >= 4 is 15.9 Å². The molecule has 2 atom stereocenters. The Hall–Kier alpha value is -1.30. The van der Waals surface area contributed by atoms with Gasteiger partial charge in [0.05, 0.1) is 6.10 Å². The molecule has 3 N–H and O–H groups in total. The number of aromatic nitrogens is 1. The fourth-order valence-corrected chi connectivity index (χ4v) is 2.30. The summed E-state index contributed by atoms with van der Waals surface area (Å²) < 4.78 is 14.5. The van der Waals surface area contributed by atoms with E-state index in [1.807, 2.05) is 6.07 Å². The van der Waals surface area contributed by atoms with Crippen molar-refractivity contribution in [2.75, 3.05) is 6.54 Å². The van der Waals surface area contributed by atoms with Gasteiger partial charge < -0.3 is 10.8 Å². The van der Waals surface area contributed by atoms with Crippen molar-refractivity contribution in [3.05, 3.63) is 64.1 Å². The maximum Gasteiger partial charge on any atom is 0.130 e. The van der Waals surface area contributed by atoms with Crippen LogP contribution in [0.15, 0.2) is 47.1 Å². The number of nitrogens with zero attached hydrogens (tertiary/aromatic N) is 1. The van der Waals surface area contributed by atoms with Crippen LogP contribution in [-0.2, 0) is 0 Å². The Kier molecular flexibility index (Phi) is 4.63. The normalized spacial score (nSPS) is 14.1. The quantitative estimate of drug-likeness (QED) is 0.909. The minimum absolute atomic E-state index is 0.188. The van der Waals surface area contributed by atoms with E-state index in [4.69, 9.17) is 5.73 Å². The predicted octanol–water partition coefficient (Wildman–Crippen LogP) is 2.76. The molecule has 0 saturated carbocycles. The molecule has 19 heavy (non-hydrogen) atoms. The lowest BCUT2D eigenvalue weighted by Crippen LogP contribution is -2.21. The van der Waals surface area contributed by atoms with Gasteiger partial charge in [-0.25, -0.2) is 4.39 Å². The summed E-state index contributed by atoms with van der Waals surface area (Å²) in [5, 5.41) is 10.3. The van der Waals surface area contributed by atoms with Gasteiger partial charge in [-0.3, -0.25) is 4.98 Å². The Morgan fingerprint density at radius 3 is 2.68 bits per heavy atom. The second kappa shape index (κ2) is 6.23. The van der Waals surface area contributed by atoms with Crippen molar-refractivity contribution in [2.45, 2.75) is 12.0 Å². The van der Waals surface area contributed by atoms with E-state index in [-0.39, 0.29) is 12.1 Å². The molecule has 0 saturated heterocycles. The molecule has 1 aromatic carbocycles. The standard InChI is InChI=1S/C14H14BrFN2O/c15-9-4-5-10(12(16)7-9)14(19)11(8-17)13-3-1-2-6-18-13/h1-7,11,14,19H,8,17H2. The van der Waals surface area contributed by atoms with E-state index < -0.39 is 17.8 Å². The van der Waals surface area contributed by atoms with E-state index in [1.54, 1.807) is 30.5 Å². The number of nitrogens with two attached hydrogens (primary N) is 1. The van der Waals surface area contributed by atoms with Crippen LogP contribution in [0.3, 0.4) is 0 Å². The molecule has 0 amide bonds. The molecule has 0 spiro atoms.